The van der Waals surface area contributed by atoms with Gasteiger partial charge in [0.2, 0.25) is 0 Å². The molecule has 1 amide bonds. The fourth-order valence-electron chi connectivity index (χ4n) is 4.62. The van der Waals surface area contributed by atoms with Crippen LogP contribution in [0.1, 0.15) is 34.9 Å². The molecule has 1 unspecified atom stereocenters. The summed E-state index contributed by atoms with van der Waals surface area (Å²) in [5.41, 5.74) is 3.01. The first kappa shape index (κ1) is 16.6. The van der Waals surface area contributed by atoms with Crippen LogP contribution >= 0.6 is 0 Å². The van der Waals surface area contributed by atoms with Crippen molar-refractivity contribution in [2.24, 2.45) is 7.05 Å². The van der Waals surface area contributed by atoms with Crippen molar-refractivity contribution in [2.45, 2.75) is 25.4 Å². The summed E-state index contributed by atoms with van der Waals surface area (Å²) in [5.74, 6) is 0.116. The lowest BCUT2D eigenvalue weighted by Gasteiger charge is -2.35. The minimum Gasteiger partial charge on any atom is -0.350 e. The minimum atomic E-state index is 0.116. The third-order valence-corrected chi connectivity index (χ3v) is 5.96. The number of nitrogens with zero attached hydrogens (tertiary/aromatic N) is 5. The molecule has 3 aromatic rings. The molecule has 4 heterocycles. The van der Waals surface area contributed by atoms with E-state index in [4.69, 9.17) is 0 Å². The number of carbonyl (C=O) groups is 1. The first-order valence-corrected chi connectivity index (χ1v) is 9.79. The predicted molar refractivity (Wildman–Crippen MR) is 105 cm³/mol. The van der Waals surface area contributed by atoms with Crippen LogP contribution in [-0.2, 0) is 13.6 Å². The van der Waals surface area contributed by atoms with Crippen molar-refractivity contribution in [1.29, 1.82) is 0 Å². The van der Waals surface area contributed by atoms with Gasteiger partial charge in [-0.25, -0.2) is 0 Å². The maximum atomic E-state index is 13.4. The molecule has 5 rings (SSSR count). The molecule has 1 atom stereocenters. The Labute approximate surface area is 159 Å². The maximum absolute atomic E-state index is 13.4. The van der Waals surface area contributed by atoms with Crippen LogP contribution in [0, 0.1) is 0 Å². The number of amides is 1. The van der Waals surface area contributed by atoms with Crippen molar-refractivity contribution in [2.75, 3.05) is 26.2 Å². The summed E-state index contributed by atoms with van der Waals surface area (Å²) < 4.78 is 4.17. The lowest BCUT2D eigenvalue weighted by molar-refractivity contribution is 0.0648. The molecule has 2 aliphatic heterocycles. The van der Waals surface area contributed by atoms with Gasteiger partial charge in [0.05, 0.1) is 23.8 Å². The predicted octanol–water partition coefficient (Wildman–Crippen LogP) is 2.67. The van der Waals surface area contributed by atoms with Crippen molar-refractivity contribution >= 4 is 16.8 Å². The highest BCUT2D eigenvalue weighted by atomic mass is 16.2. The quantitative estimate of drug-likeness (QED) is 0.719. The third-order valence-electron chi connectivity index (χ3n) is 5.96. The smallest absolute Gasteiger partial charge is 0.256 e. The second-order valence-corrected chi connectivity index (χ2v) is 7.79. The van der Waals surface area contributed by atoms with Crippen LogP contribution in [0.3, 0.4) is 0 Å². The summed E-state index contributed by atoms with van der Waals surface area (Å²) in [7, 11) is 2.00. The molecule has 6 nitrogen and oxygen atoms in total. The van der Waals surface area contributed by atoms with Crippen molar-refractivity contribution in [1.82, 2.24) is 24.1 Å². The van der Waals surface area contributed by atoms with E-state index in [2.05, 4.69) is 20.7 Å². The van der Waals surface area contributed by atoms with Crippen LogP contribution in [-0.4, -0.2) is 56.2 Å². The summed E-state index contributed by atoms with van der Waals surface area (Å²) in [4.78, 5) is 17.9. The molecule has 0 bridgehead atoms. The first-order chi connectivity index (χ1) is 13.2. The Balaban J connectivity index is 1.45. The van der Waals surface area contributed by atoms with E-state index >= 15 is 0 Å². The second kappa shape index (κ2) is 6.53. The van der Waals surface area contributed by atoms with Crippen molar-refractivity contribution in [3.05, 3.63) is 54.0 Å². The van der Waals surface area contributed by atoms with Gasteiger partial charge in [0.15, 0.2) is 0 Å². The Morgan fingerprint density at radius 1 is 1.19 bits per heavy atom. The van der Waals surface area contributed by atoms with Gasteiger partial charge in [-0.2, -0.15) is 5.10 Å². The summed E-state index contributed by atoms with van der Waals surface area (Å²) in [6.07, 6.45) is 6.38. The Bertz CT molecular complexity index is 982. The Hall–Kier alpha value is -2.60. The van der Waals surface area contributed by atoms with E-state index in [1.807, 2.05) is 53.2 Å². The van der Waals surface area contributed by atoms with Crippen molar-refractivity contribution < 1.29 is 4.79 Å². The number of para-hydroxylation sites is 1. The Morgan fingerprint density at radius 3 is 2.85 bits per heavy atom. The third kappa shape index (κ3) is 2.84. The molecule has 0 saturated carbocycles. The highest BCUT2D eigenvalue weighted by Gasteiger charge is 2.31. The monoisotopic (exact) mass is 363 g/mol. The molecule has 1 fully saturated rings. The molecule has 27 heavy (non-hydrogen) atoms. The van der Waals surface area contributed by atoms with Crippen molar-refractivity contribution in [3.8, 4) is 0 Å². The Kier molecular flexibility index (Phi) is 4.01. The lowest BCUT2D eigenvalue weighted by Crippen LogP contribution is -2.45. The molecule has 1 saturated heterocycles. The average molecular weight is 363 g/mol. The van der Waals surface area contributed by atoms with Gasteiger partial charge >= 0.3 is 0 Å². The van der Waals surface area contributed by atoms with Gasteiger partial charge in [-0.15, -0.1) is 0 Å². The zero-order valence-electron chi connectivity index (χ0n) is 15.7. The average Bonchev–Trinajstić information content (AvgIpc) is 3.42. The number of benzene rings is 1. The van der Waals surface area contributed by atoms with Gasteiger partial charge < -0.3 is 14.4 Å². The molecular formula is C21H25N5O. The first-order valence-electron chi connectivity index (χ1n) is 9.79. The molecule has 0 spiro atoms. The summed E-state index contributed by atoms with van der Waals surface area (Å²) in [6, 6.07) is 10.4. The van der Waals surface area contributed by atoms with E-state index in [0.717, 1.165) is 41.8 Å². The minimum absolute atomic E-state index is 0.116. The molecule has 0 N–H and O–H groups in total. The zero-order valence-corrected chi connectivity index (χ0v) is 15.7. The fourth-order valence-corrected chi connectivity index (χ4v) is 4.62. The van der Waals surface area contributed by atoms with E-state index in [1.165, 1.54) is 12.8 Å². The van der Waals surface area contributed by atoms with Crippen molar-refractivity contribution in [3.63, 3.8) is 0 Å². The molecule has 1 aromatic carbocycles. The summed E-state index contributed by atoms with van der Waals surface area (Å²) >= 11 is 0. The van der Waals surface area contributed by atoms with E-state index in [0.29, 0.717) is 13.1 Å². The van der Waals surface area contributed by atoms with Crippen LogP contribution in [0.15, 0.2) is 42.7 Å². The number of aromatic nitrogens is 3. The van der Waals surface area contributed by atoms with E-state index in [-0.39, 0.29) is 11.9 Å². The van der Waals surface area contributed by atoms with Crippen LogP contribution in [0.5, 0.6) is 0 Å². The maximum Gasteiger partial charge on any atom is 0.256 e. The fraction of sp³-hybridized carbons (Fsp3) is 0.429. The SMILES string of the molecule is Cn1cc(C(=O)N2Cc3ccnn3C(CN3CCCC3)C2)c2ccccc21. The highest BCUT2D eigenvalue weighted by molar-refractivity contribution is 6.07. The van der Waals surface area contributed by atoms with Gasteiger partial charge in [-0.1, -0.05) is 18.2 Å². The normalized spacial score (nSPS) is 20.3. The van der Waals surface area contributed by atoms with Gasteiger partial charge in [0.25, 0.3) is 5.91 Å². The van der Waals surface area contributed by atoms with Crippen LogP contribution in [0.25, 0.3) is 10.9 Å². The van der Waals surface area contributed by atoms with Gasteiger partial charge in [-0.05, 0) is 38.1 Å². The standard InChI is InChI=1S/C21H25N5O/c1-23-15-19(18-6-2-3-7-20(18)23)21(27)25-13-16-8-9-22-26(16)17(14-25)12-24-10-4-5-11-24/h2-3,6-9,15,17H,4-5,10-14H2,1H3. The zero-order chi connectivity index (χ0) is 18.4. The second-order valence-electron chi connectivity index (χ2n) is 7.79. The van der Waals surface area contributed by atoms with Crippen LogP contribution in [0.4, 0.5) is 0 Å². The number of aryl methyl sites for hydroxylation is 1. The number of fused-ring (bicyclic) bond motifs is 2. The number of hydrogen-bond acceptors (Lipinski definition) is 3. The lowest BCUT2D eigenvalue weighted by atomic mass is 10.1. The van der Waals surface area contributed by atoms with E-state index < -0.39 is 0 Å². The summed E-state index contributed by atoms with van der Waals surface area (Å²) in [6.45, 7) is 4.62. The molecule has 0 aliphatic carbocycles. The van der Waals surface area contributed by atoms with E-state index in [1.54, 1.807) is 0 Å². The van der Waals surface area contributed by atoms with Gasteiger partial charge in [-0.3, -0.25) is 9.48 Å². The number of likely N-dealkylation sites (tertiary alicyclic amines) is 1. The van der Waals surface area contributed by atoms with Crippen LogP contribution < -0.4 is 0 Å². The van der Waals surface area contributed by atoms with E-state index in [9.17, 15) is 4.79 Å². The molecule has 2 aliphatic rings. The van der Waals surface area contributed by atoms with Crippen LogP contribution in [0.2, 0.25) is 0 Å². The largest absolute Gasteiger partial charge is 0.350 e. The summed E-state index contributed by atoms with van der Waals surface area (Å²) in [5, 5.41) is 5.58. The number of rotatable bonds is 3. The number of carbonyl (C=O) groups excluding carboxylic acids is 1. The topological polar surface area (TPSA) is 46.3 Å². The number of hydrogen-bond donors (Lipinski definition) is 0. The Morgan fingerprint density at radius 2 is 2.00 bits per heavy atom. The highest BCUT2D eigenvalue weighted by Crippen LogP contribution is 2.27. The van der Waals surface area contributed by atoms with Gasteiger partial charge in [0, 0.05) is 43.4 Å². The molecule has 140 valence electrons. The van der Waals surface area contributed by atoms with Gasteiger partial charge in [0.1, 0.15) is 0 Å². The molecule has 0 radical (unpaired) electrons. The molecular weight excluding hydrogens is 338 g/mol. The molecule has 6 heteroatoms. The molecule has 2 aromatic heterocycles.